The Labute approximate surface area is 92.6 Å². The van der Waals surface area contributed by atoms with E-state index in [0.29, 0.717) is 5.92 Å². The lowest BCUT2D eigenvalue weighted by Gasteiger charge is -2.35. The summed E-state index contributed by atoms with van der Waals surface area (Å²) in [5.74, 6) is 3.31. The van der Waals surface area contributed by atoms with Gasteiger partial charge in [-0.2, -0.15) is 11.8 Å². The van der Waals surface area contributed by atoms with Gasteiger partial charge in [-0.1, -0.05) is 13.3 Å². The first-order valence-corrected chi connectivity index (χ1v) is 6.95. The molecule has 0 radical (unpaired) electrons. The van der Waals surface area contributed by atoms with E-state index >= 15 is 0 Å². The third-order valence-corrected chi connectivity index (χ3v) is 4.22. The van der Waals surface area contributed by atoms with Crippen LogP contribution in [-0.4, -0.2) is 42.1 Å². The van der Waals surface area contributed by atoms with Gasteiger partial charge in [-0.05, 0) is 25.8 Å². The molecule has 2 unspecified atom stereocenters. The highest BCUT2D eigenvalue weighted by Gasteiger charge is 2.20. The molecule has 0 saturated carbocycles. The van der Waals surface area contributed by atoms with Crippen molar-refractivity contribution < 1.29 is 0 Å². The van der Waals surface area contributed by atoms with Gasteiger partial charge in [0.2, 0.25) is 0 Å². The van der Waals surface area contributed by atoms with Crippen LogP contribution in [0.15, 0.2) is 0 Å². The van der Waals surface area contributed by atoms with Crippen LogP contribution in [0.3, 0.4) is 0 Å². The molecule has 2 nitrogen and oxygen atoms in total. The van der Waals surface area contributed by atoms with E-state index in [1.807, 2.05) is 0 Å². The summed E-state index contributed by atoms with van der Waals surface area (Å²) in [7, 11) is 0. The summed E-state index contributed by atoms with van der Waals surface area (Å²) in [5, 5.41) is 0. The van der Waals surface area contributed by atoms with E-state index in [-0.39, 0.29) is 0 Å². The zero-order valence-corrected chi connectivity index (χ0v) is 10.4. The molecule has 1 aliphatic rings. The fourth-order valence-corrected chi connectivity index (χ4v) is 3.14. The molecule has 0 bridgehead atoms. The molecule has 2 N–H and O–H groups in total. The van der Waals surface area contributed by atoms with Gasteiger partial charge in [-0.3, -0.25) is 4.90 Å². The minimum atomic E-state index is 0.713. The maximum absolute atomic E-state index is 5.79. The van der Waals surface area contributed by atoms with E-state index in [1.54, 1.807) is 0 Å². The summed E-state index contributed by atoms with van der Waals surface area (Å²) in [5.41, 5.74) is 5.79. The highest BCUT2D eigenvalue weighted by Crippen LogP contribution is 2.18. The Morgan fingerprint density at radius 3 is 2.93 bits per heavy atom. The van der Waals surface area contributed by atoms with Crippen LogP contribution in [0.1, 0.15) is 26.7 Å². The average molecular weight is 216 g/mol. The molecule has 1 fully saturated rings. The molecule has 84 valence electrons. The predicted octanol–water partition coefficient (Wildman–Crippen LogP) is 1.80. The second kappa shape index (κ2) is 6.70. The lowest BCUT2D eigenvalue weighted by atomic mass is 10.0. The van der Waals surface area contributed by atoms with Gasteiger partial charge in [0.15, 0.2) is 0 Å². The largest absolute Gasteiger partial charge is 0.330 e. The highest BCUT2D eigenvalue weighted by molar-refractivity contribution is 7.99. The van der Waals surface area contributed by atoms with Crippen molar-refractivity contribution in [1.82, 2.24) is 4.90 Å². The third kappa shape index (κ3) is 3.79. The Bertz CT molecular complexity index is 152. The summed E-state index contributed by atoms with van der Waals surface area (Å²) in [6.45, 7) is 7.91. The Morgan fingerprint density at radius 2 is 2.36 bits per heavy atom. The van der Waals surface area contributed by atoms with E-state index in [1.165, 1.54) is 37.4 Å². The Morgan fingerprint density at radius 1 is 1.57 bits per heavy atom. The SMILES string of the molecule is CCCC(CN)CN1CCSCC1C. The standard InChI is InChI=1S/C11H24N2S/c1-3-4-11(7-12)8-13-5-6-14-9-10(13)2/h10-11H,3-9,12H2,1-2H3. The van der Waals surface area contributed by atoms with E-state index in [2.05, 4.69) is 30.5 Å². The minimum absolute atomic E-state index is 0.713. The van der Waals surface area contributed by atoms with Crippen molar-refractivity contribution in [2.75, 3.05) is 31.1 Å². The molecule has 0 aromatic rings. The number of nitrogens with two attached hydrogens (primary N) is 1. The molecule has 2 atom stereocenters. The number of thioether (sulfide) groups is 1. The lowest BCUT2D eigenvalue weighted by Crippen LogP contribution is -2.44. The van der Waals surface area contributed by atoms with Crippen molar-refractivity contribution >= 4 is 11.8 Å². The maximum atomic E-state index is 5.79. The number of hydrogen-bond acceptors (Lipinski definition) is 3. The fraction of sp³-hybridized carbons (Fsp3) is 1.00. The van der Waals surface area contributed by atoms with Crippen molar-refractivity contribution in [1.29, 1.82) is 0 Å². The first-order chi connectivity index (χ1) is 6.77. The van der Waals surface area contributed by atoms with Gasteiger partial charge >= 0.3 is 0 Å². The van der Waals surface area contributed by atoms with Gasteiger partial charge in [-0.15, -0.1) is 0 Å². The monoisotopic (exact) mass is 216 g/mol. The molecule has 1 heterocycles. The molecule has 1 aliphatic heterocycles. The molecule has 3 heteroatoms. The first kappa shape index (κ1) is 12.3. The smallest absolute Gasteiger partial charge is 0.0158 e. The van der Waals surface area contributed by atoms with Gasteiger partial charge in [0.05, 0.1) is 0 Å². The van der Waals surface area contributed by atoms with Gasteiger partial charge in [0.1, 0.15) is 0 Å². The molecule has 0 aliphatic carbocycles. The molecule has 1 rings (SSSR count). The average Bonchev–Trinajstić information content (AvgIpc) is 2.20. The van der Waals surface area contributed by atoms with Crippen molar-refractivity contribution in [3.8, 4) is 0 Å². The predicted molar refractivity (Wildman–Crippen MR) is 65.8 cm³/mol. The van der Waals surface area contributed by atoms with E-state index in [4.69, 9.17) is 5.73 Å². The van der Waals surface area contributed by atoms with Crippen LogP contribution in [0.5, 0.6) is 0 Å². The van der Waals surface area contributed by atoms with Gasteiger partial charge < -0.3 is 5.73 Å². The van der Waals surface area contributed by atoms with E-state index in [9.17, 15) is 0 Å². The van der Waals surface area contributed by atoms with Crippen LogP contribution in [0.2, 0.25) is 0 Å². The van der Waals surface area contributed by atoms with Gasteiger partial charge in [-0.25, -0.2) is 0 Å². The van der Waals surface area contributed by atoms with Crippen LogP contribution in [0, 0.1) is 5.92 Å². The van der Waals surface area contributed by atoms with Crippen LogP contribution in [0.4, 0.5) is 0 Å². The van der Waals surface area contributed by atoms with E-state index < -0.39 is 0 Å². The fourth-order valence-electron chi connectivity index (χ4n) is 2.06. The van der Waals surface area contributed by atoms with Crippen LogP contribution >= 0.6 is 11.8 Å². The molecule has 0 spiro atoms. The molecule has 0 aromatic heterocycles. The Balaban J connectivity index is 2.31. The molecular formula is C11H24N2S. The maximum Gasteiger partial charge on any atom is 0.0158 e. The van der Waals surface area contributed by atoms with Gasteiger partial charge in [0.25, 0.3) is 0 Å². The second-order valence-electron chi connectivity index (χ2n) is 4.31. The lowest BCUT2D eigenvalue weighted by molar-refractivity contribution is 0.193. The summed E-state index contributed by atoms with van der Waals surface area (Å²) in [4.78, 5) is 2.61. The zero-order chi connectivity index (χ0) is 10.4. The highest BCUT2D eigenvalue weighted by atomic mass is 32.2. The molecule has 1 saturated heterocycles. The second-order valence-corrected chi connectivity index (χ2v) is 5.46. The zero-order valence-electron chi connectivity index (χ0n) is 9.54. The molecular weight excluding hydrogens is 192 g/mol. The Hall–Kier alpha value is 0.270. The number of nitrogens with zero attached hydrogens (tertiary/aromatic N) is 1. The minimum Gasteiger partial charge on any atom is -0.330 e. The van der Waals surface area contributed by atoms with Crippen LogP contribution < -0.4 is 5.73 Å². The molecule has 0 aromatic carbocycles. The van der Waals surface area contributed by atoms with Crippen LogP contribution in [0.25, 0.3) is 0 Å². The first-order valence-electron chi connectivity index (χ1n) is 5.79. The molecule has 0 amide bonds. The van der Waals surface area contributed by atoms with Crippen molar-refractivity contribution in [2.45, 2.75) is 32.7 Å². The summed E-state index contributed by atoms with van der Waals surface area (Å²) < 4.78 is 0. The van der Waals surface area contributed by atoms with Crippen LogP contribution in [-0.2, 0) is 0 Å². The number of rotatable bonds is 5. The summed E-state index contributed by atoms with van der Waals surface area (Å²) in [6.07, 6.45) is 2.55. The Kier molecular flexibility index (Phi) is 5.90. The van der Waals surface area contributed by atoms with Crippen molar-refractivity contribution in [3.05, 3.63) is 0 Å². The van der Waals surface area contributed by atoms with Crippen molar-refractivity contribution in [2.24, 2.45) is 11.7 Å². The summed E-state index contributed by atoms with van der Waals surface area (Å²) >= 11 is 2.08. The van der Waals surface area contributed by atoms with Gasteiger partial charge in [0, 0.05) is 30.6 Å². The quantitative estimate of drug-likeness (QED) is 0.760. The normalized spacial score (nSPS) is 26.4. The summed E-state index contributed by atoms with van der Waals surface area (Å²) in [6, 6.07) is 0.750. The van der Waals surface area contributed by atoms with E-state index in [0.717, 1.165) is 12.6 Å². The topological polar surface area (TPSA) is 29.3 Å². The molecule has 14 heavy (non-hydrogen) atoms. The third-order valence-electron chi connectivity index (χ3n) is 3.03. The number of hydrogen-bond donors (Lipinski definition) is 1. The van der Waals surface area contributed by atoms with Crippen molar-refractivity contribution in [3.63, 3.8) is 0 Å².